The highest BCUT2D eigenvalue weighted by Crippen LogP contribution is 2.33. The van der Waals surface area contributed by atoms with Crippen LogP contribution in [0.3, 0.4) is 0 Å². The maximum atomic E-state index is 13.0. The Morgan fingerprint density at radius 3 is 2.73 bits per heavy atom. The van der Waals surface area contributed by atoms with Crippen molar-refractivity contribution in [1.82, 2.24) is 4.90 Å². The summed E-state index contributed by atoms with van der Waals surface area (Å²) in [6, 6.07) is 16.3. The third kappa shape index (κ3) is 3.73. The van der Waals surface area contributed by atoms with E-state index >= 15 is 0 Å². The van der Waals surface area contributed by atoms with E-state index in [1.807, 2.05) is 38.1 Å². The van der Waals surface area contributed by atoms with Crippen molar-refractivity contribution in [2.75, 3.05) is 12.4 Å². The number of nitriles is 1. The lowest BCUT2D eigenvalue weighted by molar-refractivity contribution is 0.0828. The van der Waals surface area contributed by atoms with Gasteiger partial charge in [0.2, 0.25) is 0 Å². The van der Waals surface area contributed by atoms with E-state index in [2.05, 4.69) is 6.07 Å². The molecule has 1 heterocycles. The molecular formula is C20H19N3O2S. The van der Waals surface area contributed by atoms with E-state index in [0.29, 0.717) is 34.3 Å². The van der Waals surface area contributed by atoms with Gasteiger partial charge < -0.3 is 4.74 Å². The van der Waals surface area contributed by atoms with Crippen molar-refractivity contribution in [3.8, 4) is 11.8 Å². The molecule has 6 heteroatoms. The zero-order chi connectivity index (χ0) is 18.5. The molecule has 0 spiro atoms. The molecular weight excluding hydrogens is 346 g/mol. The molecule has 0 aromatic heterocycles. The third-order valence-corrected chi connectivity index (χ3v) is 5.16. The lowest BCUT2D eigenvalue weighted by Gasteiger charge is -2.21. The minimum Gasteiger partial charge on any atom is -0.492 e. The van der Waals surface area contributed by atoms with E-state index in [1.54, 1.807) is 40.9 Å². The van der Waals surface area contributed by atoms with Gasteiger partial charge in [0, 0.05) is 17.4 Å². The molecule has 0 bridgehead atoms. The Labute approximate surface area is 157 Å². The molecule has 0 unspecified atom stereocenters. The molecule has 0 aliphatic carbocycles. The fraction of sp³-hybridized carbons (Fsp3) is 0.250. The number of ether oxygens (including phenoxy) is 1. The Morgan fingerprint density at radius 1 is 1.31 bits per heavy atom. The zero-order valence-corrected chi connectivity index (χ0v) is 15.5. The minimum absolute atomic E-state index is 0.0427. The van der Waals surface area contributed by atoms with Gasteiger partial charge in [-0.1, -0.05) is 23.9 Å². The van der Waals surface area contributed by atoms with Crippen LogP contribution in [-0.2, 0) is 0 Å². The SMILES string of the molecule is CCOc1ccccc1N=C1SC[C@H](C)N1C(=O)c1ccc(C#N)cc1. The number of hydrogen-bond donors (Lipinski definition) is 0. The van der Waals surface area contributed by atoms with E-state index in [-0.39, 0.29) is 11.9 Å². The van der Waals surface area contributed by atoms with E-state index in [9.17, 15) is 4.79 Å². The molecule has 2 aromatic rings. The second kappa shape index (κ2) is 8.07. The Kier molecular flexibility index (Phi) is 5.59. The number of para-hydroxylation sites is 2. The van der Waals surface area contributed by atoms with Gasteiger partial charge >= 0.3 is 0 Å². The molecule has 1 atom stereocenters. The van der Waals surface area contributed by atoms with Crippen LogP contribution < -0.4 is 4.74 Å². The maximum absolute atomic E-state index is 13.0. The number of carbonyl (C=O) groups is 1. The first-order valence-corrected chi connectivity index (χ1v) is 9.39. The van der Waals surface area contributed by atoms with Crippen molar-refractivity contribution >= 4 is 28.5 Å². The van der Waals surface area contributed by atoms with Gasteiger partial charge in [-0.05, 0) is 50.2 Å². The molecule has 1 fully saturated rings. The van der Waals surface area contributed by atoms with Gasteiger partial charge in [-0.25, -0.2) is 4.99 Å². The second-order valence-corrected chi connectivity index (χ2v) is 6.81. The Bertz CT molecular complexity index is 871. The van der Waals surface area contributed by atoms with Crippen LogP contribution in [0.5, 0.6) is 5.75 Å². The van der Waals surface area contributed by atoms with E-state index in [0.717, 1.165) is 5.75 Å². The standard InChI is InChI=1S/C20H19N3O2S/c1-3-25-18-7-5-4-6-17(18)22-20-23(14(2)13-26-20)19(24)16-10-8-15(12-21)9-11-16/h4-11,14H,3,13H2,1-2H3/t14-/m0/s1. The molecule has 3 rings (SSSR count). The lowest BCUT2D eigenvalue weighted by Crippen LogP contribution is -2.37. The van der Waals surface area contributed by atoms with Crippen LogP contribution in [0.4, 0.5) is 5.69 Å². The van der Waals surface area contributed by atoms with Crippen LogP contribution in [-0.4, -0.2) is 34.4 Å². The summed E-state index contributed by atoms with van der Waals surface area (Å²) < 4.78 is 5.63. The third-order valence-electron chi connectivity index (χ3n) is 3.96. The lowest BCUT2D eigenvalue weighted by atomic mass is 10.1. The molecule has 0 radical (unpaired) electrons. The summed E-state index contributed by atoms with van der Waals surface area (Å²) in [6.07, 6.45) is 0. The van der Waals surface area contributed by atoms with Gasteiger partial charge in [-0.3, -0.25) is 9.69 Å². The average Bonchev–Trinajstić information content (AvgIpc) is 3.03. The summed E-state index contributed by atoms with van der Waals surface area (Å²) in [5, 5.41) is 9.58. The average molecular weight is 365 g/mol. The number of thioether (sulfide) groups is 1. The first kappa shape index (κ1) is 18.0. The van der Waals surface area contributed by atoms with Crippen molar-refractivity contribution < 1.29 is 9.53 Å². The number of rotatable bonds is 4. The molecule has 1 aliphatic heterocycles. The van der Waals surface area contributed by atoms with Crippen molar-refractivity contribution in [2.24, 2.45) is 4.99 Å². The van der Waals surface area contributed by atoms with Crippen LogP contribution >= 0.6 is 11.8 Å². The quantitative estimate of drug-likeness (QED) is 0.813. The van der Waals surface area contributed by atoms with Crippen LogP contribution in [0.25, 0.3) is 0 Å². The van der Waals surface area contributed by atoms with Crippen LogP contribution in [0.15, 0.2) is 53.5 Å². The summed E-state index contributed by atoms with van der Waals surface area (Å²) in [5.74, 6) is 1.38. The maximum Gasteiger partial charge on any atom is 0.260 e. The molecule has 5 nitrogen and oxygen atoms in total. The van der Waals surface area contributed by atoms with E-state index in [4.69, 9.17) is 15.0 Å². The highest BCUT2D eigenvalue weighted by atomic mass is 32.2. The predicted octanol–water partition coefficient (Wildman–Crippen LogP) is 4.22. The number of carbonyl (C=O) groups excluding carboxylic acids is 1. The molecule has 26 heavy (non-hydrogen) atoms. The van der Waals surface area contributed by atoms with Gasteiger partial charge in [0.15, 0.2) is 5.17 Å². The van der Waals surface area contributed by atoms with Gasteiger partial charge in [-0.2, -0.15) is 5.26 Å². The Morgan fingerprint density at radius 2 is 2.04 bits per heavy atom. The predicted molar refractivity (Wildman–Crippen MR) is 104 cm³/mol. The zero-order valence-electron chi connectivity index (χ0n) is 14.7. The molecule has 1 saturated heterocycles. The van der Waals surface area contributed by atoms with E-state index < -0.39 is 0 Å². The number of nitrogens with zero attached hydrogens (tertiary/aromatic N) is 3. The van der Waals surface area contributed by atoms with Gasteiger partial charge in [-0.15, -0.1) is 0 Å². The largest absolute Gasteiger partial charge is 0.492 e. The molecule has 1 amide bonds. The number of amides is 1. The second-order valence-electron chi connectivity index (χ2n) is 5.82. The highest BCUT2D eigenvalue weighted by molar-refractivity contribution is 8.14. The van der Waals surface area contributed by atoms with Crippen LogP contribution in [0, 0.1) is 11.3 Å². The smallest absolute Gasteiger partial charge is 0.260 e. The monoisotopic (exact) mass is 365 g/mol. The number of benzene rings is 2. The molecule has 2 aromatic carbocycles. The van der Waals surface area contributed by atoms with Crippen molar-refractivity contribution in [2.45, 2.75) is 19.9 Å². The van der Waals surface area contributed by atoms with Crippen LogP contribution in [0.2, 0.25) is 0 Å². The van der Waals surface area contributed by atoms with Gasteiger partial charge in [0.1, 0.15) is 11.4 Å². The summed E-state index contributed by atoms with van der Waals surface area (Å²) in [7, 11) is 0. The number of aliphatic imine (C=N–C) groups is 1. The fourth-order valence-corrected chi connectivity index (χ4v) is 3.76. The highest BCUT2D eigenvalue weighted by Gasteiger charge is 2.33. The van der Waals surface area contributed by atoms with Crippen molar-refractivity contribution in [3.63, 3.8) is 0 Å². The summed E-state index contributed by atoms with van der Waals surface area (Å²) in [6.45, 7) is 4.49. The first-order valence-electron chi connectivity index (χ1n) is 8.41. The van der Waals surface area contributed by atoms with Crippen molar-refractivity contribution in [1.29, 1.82) is 5.26 Å². The Hall–Kier alpha value is -2.78. The van der Waals surface area contributed by atoms with E-state index in [1.165, 1.54) is 0 Å². The first-order chi connectivity index (χ1) is 12.6. The summed E-state index contributed by atoms with van der Waals surface area (Å²) >= 11 is 1.56. The summed E-state index contributed by atoms with van der Waals surface area (Å²) in [5.41, 5.74) is 1.79. The fourth-order valence-electron chi connectivity index (χ4n) is 2.66. The molecule has 1 aliphatic rings. The molecule has 132 valence electrons. The normalized spacial score (nSPS) is 18.0. The number of hydrogen-bond acceptors (Lipinski definition) is 5. The topological polar surface area (TPSA) is 65.7 Å². The van der Waals surface area contributed by atoms with Gasteiger partial charge in [0.25, 0.3) is 5.91 Å². The molecule has 0 N–H and O–H groups in total. The number of amidine groups is 1. The van der Waals surface area contributed by atoms with Crippen molar-refractivity contribution in [3.05, 3.63) is 59.7 Å². The Balaban J connectivity index is 1.92. The van der Waals surface area contributed by atoms with Gasteiger partial charge in [0.05, 0.1) is 18.2 Å². The summed E-state index contributed by atoms with van der Waals surface area (Å²) in [4.78, 5) is 19.4. The van der Waals surface area contributed by atoms with Crippen LogP contribution in [0.1, 0.15) is 29.8 Å². The minimum atomic E-state index is -0.111. The molecule has 0 saturated carbocycles.